The van der Waals surface area contributed by atoms with Gasteiger partial charge >= 0.3 is 0 Å². The first-order valence-electron chi connectivity index (χ1n) is 8.73. The molecule has 0 radical (unpaired) electrons. The van der Waals surface area contributed by atoms with E-state index in [2.05, 4.69) is 4.90 Å². The van der Waals surface area contributed by atoms with Crippen LogP contribution in [0.5, 0.6) is 5.75 Å². The van der Waals surface area contributed by atoms with Crippen LogP contribution in [-0.2, 0) is 11.3 Å². The van der Waals surface area contributed by atoms with Gasteiger partial charge in [-0.15, -0.1) is 0 Å². The minimum absolute atomic E-state index is 0.447. The van der Waals surface area contributed by atoms with E-state index in [4.69, 9.17) is 22.1 Å². The highest BCUT2D eigenvalue weighted by molar-refractivity contribution is 6.30. The molecule has 3 aromatic rings. The van der Waals surface area contributed by atoms with Gasteiger partial charge in [-0.25, -0.2) is 0 Å². The maximum absolute atomic E-state index is 12.1. The van der Waals surface area contributed by atoms with Crippen LogP contribution in [0.2, 0.25) is 5.02 Å². The second-order valence-corrected chi connectivity index (χ2v) is 6.99. The van der Waals surface area contributed by atoms with Gasteiger partial charge in [0.15, 0.2) is 6.10 Å². The van der Waals surface area contributed by atoms with Gasteiger partial charge in [0.2, 0.25) is 0 Å². The third kappa shape index (κ3) is 3.49. The van der Waals surface area contributed by atoms with Gasteiger partial charge in [-0.05, 0) is 35.4 Å². The zero-order chi connectivity index (χ0) is 18.8. The summed E-state index contributed by atoms with van der Waals surface area (Å²) in [6, 6.07) is 22.5. The minimum Gasteiger partial charge on any atom is -0.481 e. The molecule has 0 aromatic heterocycles. The molecule has 5 heteroatoms. The Kier molecular flexibility index (Phi) is 4.73. The summed E-state index contributed by atoms with van der Waals surface area (Å²) in [5, 5.41) is 0.642. The summed E-state index contributed by atoms with van der Waals surface area (Å²) in [5.41, 5.74) is 9.45. The number of hydrogen-bond acceptors (Lipinski definition) is 4. The van der Waals surface area contributed by atoms with Crippen molar-refractivity contribution in [3.63, 3.8) is 0 Å². The third-order valence-corrected chi connectivity index (χ3v) is 5.00. The number of benzene rings is 3. The number of hydrogen-bond donors (Lipinski definition) is 1. The molecule has 4 nitrogen and oxygen atoms in total. The van der Waals surface area contributed by atoms with Crippen molar-refractivity contribution in [1.29, 1.82) is 0 Å². The molecule has 1 aliphatic rings. The molecule has 0 aliphatic carbocycles. The molecule has 1 heterocycles. The average molecular weight is 379 g/mol. The Morgan fingerprint density at radius 3 is 2.48 bits per heavy atom. The fraction of sp³-hybridized carbons (Fsp3) is 0.136. The molecule has 0 saturated heterocycles. The Balaban J connectivity index is 1.79. The number of carbonyl (C=O) groups excluding carboxylic acids is 1. The fourth-order valence-electron chi connectivity index (χ4n) is 3.43. The largest absolute Gasteiger partial charge is 0.481 e. The highest BCUT2D eigenvalue weighted by Gasteiger charge is 2.37. The predicted octanol–water partition coefficient (Wildman–Crippen LogP) is 4.63. The molecular weight excluding hydrogens is 360 g/mol. The van der Waals surface area contributed by atoms with Crippen molar-refractivity contribution in [2.45, 2.75) is 18.7 Å². The lowest BCUT2D eigenvalue weighted by Crippen LogP contribution is -2.45. The van der Waals surface area contributed by atoms with Gasteiger partial charge in [-0.1, -0.05) is 54.1 Å². The molecule has 0 bridgehead atoms. The number of rotatable bonds is 4. The lowest BCUT2D eigenvalue weighted by molar-refractivity contribution is -0.111. The van der Waals surface area contributed by atoms with E-state index in [1.165, 1.54) is 0 Å². The van der Waals surface area contributed by atoms with Gasteiger partial charge in [0, 0.05) is 23.3 Å². The molecule has 2 N–H and O–H groups in total. The number of nitrogens with zero attached hydrogens (tertiary/aromatic N) is 1. The smallest absolute Gasteiger partial charge is 0.151 e. The SMILES string of the molecule is Nc1ccc2c(c1)OC(c1ccc(Cl)cc1)C(C=O)N2Cc1ccccc1. The Morgan fingerprint density at radius 1 is 1.04 bits per heavy atom. The van der Waals surface area contributed by atoms with E-state index in [0.717, 1.165) is 23.1 Å². The van der Waals surface area contributed by atoms with Gasteiger partial charge in [-0.3, -0.25) is 0 Å². The quantitative estimate of drug-likeness (QED) is 0.531. The number of halogens is 1. The second kappa shape index (κ2) is 7.33. The van der Waals surface area contributed by atoms with E-state index < -0.39 is 12.1 Å². The first-order valence-corrected chi connectivity index (χ1v) is 9.11. The molecule has 27 heavy (non-hydrogen) atoms. The van der Waals surface area contributed by atoms with Crippen LogP contribution in [-0.4, -0.2) is 12.3 Å². The van der Waals surface area contributed by atoms with Crippen molar-refractivity contribution < 1.29 is 9.53 Å². The maximum atomic E-state index is 12.1. The van der Waals surface area contributed by atoms with E-state index in [1.54, 1.807) is 18.2 Å². The first kappa shape index (κ1) is 17.4. The summed E-state index contributed by atoms with van der Waals surface area (Å²) in [6.45, 7) is 0.592. The average Bonchev–Trinajstić information content (AvgIpc) is 2.69. The molecule has 136 valence electrons. The van der Waals surface area contributed by atoms with Crippen molar-refractivity contribution in [1.82, 2.24) is 0 Å². The number of anilines is 2. The van der Waals surface area contributed by atoms with Crippen molar-refractivity contribution in [3.05, 3.63) is 88.9 Å². The van der Waals surface area contributed by atoms with Crippen LogP contribution in [0.1, 0.15) is 17.2 Å². The number of ether oxygens (including phenoxy) is 1. The van der Waals surface area contributed by atoms with Crippen LogP contribution in [0.4, 0.5) is 11.4 Å². The van der Waals surface area contributed by atoms with Crippen LogP contribution in [0.15, 0.2) is 72.8 Å². The molecule has 0 amide bonds. The summed E-state index contributed by atoms with van der Waals surface area (Å²) in [7, 11) is 0. The van der Waals surface area contributed by atoms with E-state index in [0.29, 0.717) is 23.0 Å². The van der Waals surface area contributed by atoms with Crippen LogP contribution in [0.3, 0.4) is 0 Å². The van der Waals surface area contributed by atoms with Gasteiger partial charge < -0.3 is 20.2 Å². The van der Waals surface area contributed by atoms with E-state index in [-0.39, 0.29) is 0 Å². The van der Waals surface area contributed by atoms with Crippen LogP contribution in [0.25, 0.3) is 0 Å². The molecule has 2 unspecified atom stereocenters. The standard InChI is InChI=1S/C22H19ClN2O2/c23-17-8-6-16(7-9-17)22-20(14-26)25(13-15-4-2-1-3-5-15)19-11-10-18(24)12-21(19)27-22/h1-12,14,20,22H,13,24H2. The van der Waals surface area contributed by atoms with E-state index in [9.17, 15) is 4.79 Å². The summed E-state index contributed by atoms with van der Waals surface area (Å²) in [6.07, 6.45) is 0.499. The maximum Gasteiger partial charge on any atom is 0.151 e. The number of nitrogen functional groups attached to an aromatic ring is 1. The normalized spacial score (nSPS) is 18.5. The van der Waals surface area contributed by atoms with Gasteiger partial charge in [0.1, 0.15) is 18.1 Å². The van der Waals surface area contributed by atoms with E-state index in [1.807, 2.05) is 54.6 Å². The molecule has 2 atom stereocenters. The summed E-state index contributed by atoms with van der Waals surface area (Å²) in [5.74, 6) is 0.670. The Labute approximate surface area is 163 Å². The van der Waals surface area contributed by atoms with Crippen molar-refractivity contribution >= 4 is 29.3 Å². The molecule has 0 spiro atoms. The Hall–Kier alpha value is -2.98. The monoisotopic (exact) mass is 378 g/mol. The Morgan fingerprint density at radius 2 is 1.78 bits per heavy atom. The lowest BCUT2D eigenvalue weighted by atomic mass is 9.97. The van der Waals surface area contributed by atoms with E-state index >= 15 is 0 Å². The molecular formula is C22H19ClN2O2. The summed E-state index contributed by atoms with van der Waals surface area (Å²) in [4.78, 5) is 14.2. The second-order valence-electron chi connectivity index (χ2n) is 6.56. The molecule has 3 aromatic carbocycles. The third-order valence-electron chi connectivity index (χ3n) is 4.75. The predicted molar refractivity (Wildman–Crippen MR) is 108 cm³/mol. The van der Waals surface area contributed by atoms with Gasteiger partial charge in [-0.2, -0.15) is 0 Å². The van der Waals surface area contributed by atoms with Crippen molar-refractivity contribution in [3.8, 4) is 5.75 Å². The lowest BCUT2D eigenvalue weighted by Gasteiger charge is -2.41. The topological polar surface area (TPSA) is 55.6 Å². The fourth-order valence-corrected chi connectivity index (χ4v) is 3.55. The number of fused-ring (bicyclic) bond motifs is 1. The first-order chi connectivity index (χ1) is 13.2. The minimum atomic E-state index is -0.470. The zero-order valence-corrected chi connectivity index (χ0v) is 15.3. The highest BCUT2D eigenvalue weighted by atomic mass is 35.5. The zero-order valence-electron chi connectivity index (χ0n) is 14.6. The Bertz CT molecular complexity index is 944. The van der Waals surface area contributed by atoms with Crippen molar-refractivity contribution in [2.24, 2.45) is 0 Å². The molecule has 0 fully saturated rings. The van der Waals surface area contributed by atoms with Crippen LogP contribution >= 0.6 is 11.6 Å². The van der Waals surface area contributed by atoms with Gasteiger partial charge in [0.05, 0.1) is 5.69 Å². The van der Waals surface area contributed by atoms with Crippen molar-refractivity contribution in [2.75, 3.05) is 10.6 Å². The highest BCUT2D eigenvalue weighted by Crippen LogP contribution is 2.43. The number of carbonyl (C=O) groups is 1. The molecule has 4 rings (SSSR count). The number of aldehydes is 1. The van der Waals surface area contributed by atoms with Crippen LogP contribution in [0, 0.1) is 0 Å². The summed E-state index contributed by atoms with van der Waals surface area (Å²) < 4.78 is 6.21. The van der Waals surface area contributed by atoms with Gasteiger partial charge in [0.25, 0.3) is 0 Å². The van der Waals surface area contributed by atoms with Crippen LogP contribution < -0.4 is 15.4 Å². The number of nitrogens with two attached hydrogens (primary N) is 1. The molecule has 1 aliphatic heterocycles. The summed E-state index contributed by atoms with van der Waals surface area (Å²) >= 11 is 6.02. The molecule has 0 saturated carbocycles.